The SMILES string of the molecule is N#Cc1cc(F)c(NCC(O)C(N)=O)c(F)c1. The maximum atomic E-state index is 13.3. The normalized spacial score (nSPS) is 11.6. The predicted molar refractivity (Wildman–Crippen MR) is 54.8 cm³/mol. The Morgan fingerprint density at radius 3 is 2.47 bits per heavy atom. The van der Waals surface area contributed by atoms with Crippen molar-refractivity contribution in [2.45, 2.75) is 6.10 Å². The van der Waals surface area contributed by atoms with E-state index in [1.54, 1.807) is 6.07 Å². The molecule has 0 radical (unpaired) electrons. The largest absolute Gasteiger partial charge is 0.381 e. The highest BCUT2D eigenvalue weighted by Gasteiger charge is 2.15. The summed E-state index contributed by atoms with van der Waals surface area (Å²) in [5, 5.41) is 19.7. The Balaban J connectivity index is 2.86. The van der Waals surface area contributed by atoms with Gasteiger partial charge in [-0.05, 0) is 12.1 Å². The van der Waals surface area contributed by atoms with Crippen LogP contribution in [0.3, 0.4) is 0 Å². The molecule has 1 aromatic rings. The van der Waals surface area contributed by atoms with E-state index in [2.05, 4.69) is 5.32 Å². The molecule has 0 saturated carbocycles. The summed E-state index contributed by atoms with van der Waals surface area (Å²) in [7, 11) is 0. The molecule has 1 atom stereocenters. The van der Waals surface area contributed by atoms with Crippen molar-refractivity contribution in [2.75, 3.05) is 11.9 Å². The lowest BCUT2D eigenvalue weighted by molar-refractivity contribution is -0.125. The summed E-state index contributed by atoms with van der Waals surface area (Å²) in [6.45, 7) is -0.422. The highest BCUT2D eigenvalue weighted by Crippen LogP contribution is 2.20. The fraction of sp³-hybridized carbons (Fsp3) is 0.200. The Bertz CT molecular complexity index is 462. The average Bonchev–Trinajstić information content (AvgIpc) is 2.27. The van der Waals surface area contributed by atoms with E-state index in [4.69, 9.17) is 16.1 Å². The van der Waals surface area contributed by atoms with Crippen LogP contribution in [0, 0.1) is 23.0 Å². The smallest absolute Gasteiger partial charge is 0.248 e. The predicted octanol–water partition coefficient (Wildman–Crippen LogP) is 0.0946. The minimum absolute atomic E-state index is 0.166. The van der Waals surface area contributed by atoms with Gasteiger partial charge in [0.05, 0.1) is 18.2 Å². The highest BCUT2D eigenvalue weighted by atomic mass is 19.1. The average molecular weight is 241 g/mol. The number of nitrogens with zero attached hydrogens (tertiary/aromatic N) is 1. The van der Waals surface area contributed by atoms with Gasteiger partial charge in [-0.2, -0.15) is 5.26 Å². The maximum Gasteiger partial charge on any atom is 0.248 e. The Morgan fingerprint density at radius 2 is 2.06 bits per heavy atom. The second-order valence-corrected chi connectivity index (χ2v) is 3.23. The summed E-state index contributed by atoms with van der Waals surface area (Å²) in [6, 6.07) is 3.26. The Hall–Kier alpha value is -2.20. The molecular formula is C10H9F2N3O2. The van der Waals surface area contributed by atoms with Crippen molar-refractivity contribution in [3.63, 3.8) is 0 Å². The van der Waals surface area contributed by atoms with Crippen LogP contribution in [0.2, 0.25) is 0 Å². The van der Waals surface area contributed by atoms with Crippen LogP contribution >= 0.6 is 0 Å². The zero-order valence-electron chi connectivity index (χ0n) is 8.58. The van der Waals surface area contributed by atoms with Crippen molar-refractivity contribution in [1.29, 1.82) is 5.26 Å². The molecule has 1 unspecified atom stereocenters. The number of nitrogens with two attached hydrogens (primary N) is 1. The number of carbonyl (C=O) groups excluding carboxylic acids is 1. The number of rotatable bonds is 4. The van der Waals surface area contributed by atoms with E-state index in [0.717, 1.165) is 12.1 Å². The van der Waals surface area contributed by atoms with Crippen molar-refractivity contribution in [3.8, 4) is 6.07 Å². The molecule has 1 rings (SSSR count). The molecule has 1 aromatic carbocycles. The van der Waals surface area contributed by atoms with Gasteiger partial charge in [0.15, 0.2) is 11.6 Å². The number of nitriles is 1. The van der Waals surface area contributed by atoms with Gasteiger partial charge >= 0.3 is 0 Å². The first-order valence-corrected chi connectivity index (χ1v) is 4.56. The van der Waals surface area contributed by atoms with Crippen LogP contribution in [0.15, 0.2) is 12.1 Å². The second kappa shape index (κ2) is 5.23. The zero-order chi connectivity index (χ0) is 13.0. The summed E-state index contributed by atoms with van der Waals surface area (Å²) in [6.07, 6.45) is -1.55. The van der Waals surface area contributed by atoms with Crippen molar-refractivity contribution in [3.05, 3.63) is 29.3 Å². The number of halogens is 2. The quantitative estimate of drug-likeness (QED) is 0.695. The molecule has 0 fully saturated rings. The van der Waals surface area contributed by atoms with Crippen molar-refractivity contribution in [2.24, 2.45) is 5.73 Å². The van der Waals surface area contributed by atoms with E-state index in [1.165, 1.54) is 0 Å². The molecule has 0 aromatic heterocycles. The summed E-state index contributed by atoms with van der Waals surface area (Å²) in [5.41, 5.74) is 4.07. The first-order valence-electron chi connectivity index (χ1n) is 4.56. The van der Waals surface area contributed by atoms with Gasteiger partial charge in [0.25, 0.3) is 0 Å². The summed E-state index contributed by atoms with van der Waals surface area (Å²) < 4.78 is 26.6. The van der Waals surface area contributed by atoms with Crippen LogP contribution in [0.25, 0.3) is 0 Å². The van der Waals surface area contributed by atoms with Crippen molar-refractivity contribution >= 4 is 11.6 Å². The first-order chi connectivity index (χ1) is 7.95. The van der Waals surface area contributed by atoms with E-state index in [1.807, 2.05) is 0 Å². The number of amides is 1. The number of aliphatic hydroxyl groups is 1. The Morgan fingerprint density at radius 1 is 1.53 bits per heavy atom. The molecule has 0 aliphatic heterocycles. The summed E-state index contributed by atoms with van der Waals surface area (Å²) >= 11 is 0. The fourth-order valence-electron chi connectivity index (χ4n) is 1.11. The third-order valence-electron chi connectivity index (χ3n) is 1.97. The number of aliphatic hydroxyl groups excluding tert-OH is 1. The molecule has 4 N–H and O–H groups in total. The number of nitrogens with one attached hydrogen (secondary N) is 1. The minimum atomic E-state index is -1.55. The molecule has 0 spiro atoms. The number of hydrogen-bond donors (Lipinski definition) is 3. The minimum Gasteiger partial charge on any atom is -0.381 e. The van der Waals surface area contributed by atoms with Crippen LogP contribution in [-0.4, -0.2) is 23.7 Å². The zero-order valence-corrected chi connectivity index (χ0v) is 8.58. The lowest BCUT2D eigenvalue weighted by atomic mass is 10.2. The summed E-state index contributed by atoms with van der Waals surface area (Å²) in [5.74, 6) is -2.98. The molecule has 0 aliphatic rings. The lowest BCUT2D eigenvalue weighted by Gasteiger charge is -2.11. The standard InChI is InChI=1S/C10H9F2N3O2/c11-6-1-5(3-13)2-7(12)9(6)15-4-8(16)10(14)17/h1-2,8,15-16H,4H2,(H2,14,17). The molecule has 90 valence electrons. The molecule has 0 saturated heterocycles. The summed E-state index contributed by atoms with van der Waals surface area (Å²) in [4.78, 5) is 10.5. The van der Waals surface area contributed by atoms with Crippen LogP contribution in [0.5, 0.6) is 0 Å². The molecule has 0 bridgehead atoms. The number of carbonyl (C=O) groups is 1. The molecule has 0 aliphatic carbocycles. The van der Waals surface area contributed by atoms with Gasteiger partial charge in [0.1, 0.15) is 11.8 Å². The highest BCUT2D eigenvalue weighted by molar-refractivity contribution is 5.79. The van der Waals surface area contributed by atoms with Crippen molar-refractivity contribution < 1.29 is 18.7 Å². The van der Waals surface area contributed by atoms with E-state index >= 15 is 0 Å². The van der Waals surface area contributed by atoms with Gasteiger partial charge in [-0.1, -0.05) is 0 Å². The van der Waals surface area contributed by atoms with Gasteiger partial charge in [0, 0.05) is 0 Å². The van der Waals surface area contributed by atoms with E-state index in [9.17, 15) is 13.6 Å². The molecule has 1 amide bonds. The van der Waals surface area contributed by atoms with Gasteiger partial charge in [-0.25, -0.2) is 8.78 Å². The molecule has 17 heavy (non-hydrogen) atoms. The van der Waals surface area contributed by atoms with E-state index < -0.39 is 35.9 Å². The van der Waals surface area contributed by atoms with Crippen molar-refractivity contribution in [1.82, 2.24) is 0 Å². The van der Waals surface area contributed by atoms with Gasteiger partial charge in [-0.15, -0.1) is 0 Å². The third-order valence-corrected chi connectivity index (χ3v) is 1.97. The topological polar surface area (TPSA) is 99.1 Å². The third kappa shape index (κ3) is 3.12. The molecule has 0 heterocycles. The molecular weight excluding hydrogens is 232 g/mol. The molecule has 5 nitrogen and oxygen atoms in total. The van der Waals surface area contributed by atoms with Crippen LogP contribution < -0.4 is 11.1 Å². The van der Waals surface area contributed by atoms with Gasteiger partial charge in [0.2, 0.25) is 5.91 Å². The number of benzene rings is 1. The van der Waals surface area contributed by atoms with E-state index in [-0.39, 0.29) is 5.56 Å². The number of anilines is 1. The second-order valence-electron chi connectivity index (χ2n) is 3.23. The number of hydrogen-bond acceptors (Lipinski definition) is 4. The molecule has 7 heteroatoms. The van der Waals surface area contributed by atoms with Gasteiger partial charge < -0.3 is 16.2 Å². The monoisotopic (exact) mass is 241 g/mol. The Kier molecular flexibility index (Phi) is 3.96. The lowest BCUT2D eigenvalue weighted by Crippen LogP contribution is -2.34. The van der Waals surface area contributed by atoms with Crippen LogP contribution in [-0.2, 0) is 4.79 Å². The fourth-order valence-corrected chi connectivity index (χ4v) is 1.11. The Labute approximate surface area is 95.5 Å². The van der Waals surface area contributed by atoms with Crippen LogP contribution in [0.1, 0.15) is 5.56 Å². The first kappa shape index (κ1) is 12.9. The number of primary amides is 1. The maximum absolute atomic E-state index is 13.3. The van der Waals surface area contributed by atoms with Gasteiger partial charge in [-0.3, -0.25) is 4.79 Å². The van der Waals surface area contributed by atoms with E-state index in [0.29, 0.717) is 0 Å². The van der Waals surface area contributed by atoms with Crippen LogP contribution in [0.4, 0.5) is 14.5 Å².